The molecule has 0 unspecified atom stereocenters. The maximum Gasteiger partial charge on any atom is 0.247 e. The molecule has 1 atom stereocenters. The van der Waals surface area contributed by atoms with Gasteiger partial charge < -0.3 is 20.3 Å². The number of halogens is 2. The number of aryl methyl sites for hydroxylation is 1. The second kappa shape index (κ2) is 9.28. The first-order chi connectivity index (χ1) is 16.2. The van der Waals surface area contributed by atoms with Crippen molar-refractivity contribution in [3.8, 4) is 5.75 Å². The third-order valence-corrected chi connectivity index (χ3v) is 5.89. The van der Waals surface area contributed by atoms with E-state index in [9.17, 15) is 13.6 Å². The predicted octanol–water partition coefficient (Wildman–Crippen LogP) is 3.95. The van der Waals surface area contributed by atoms with E-state index in [-0.39, 0.29) is 24.4 Å². The first-order valence-electron chi connectivity index (χ1n) is 11.0. The Morgan fingerprint density at radius 1 is 1.21 bits per heavy atom. The first-order valence-corrected chi connectivity index (χ1v) is 11.0. The molecule has 0 saturated heterocycles. The predicted molar refractivity (Wildman–Crippen MR) is 126 cm³/mol. The van der Waals surface area contributed by atoms with Crippen molar-refractivity contribution in [2.75, 3.05) is 29.7 Å². The standard InChI is InChI=1S/C24H28F2N6O2/c1-13(2)22-24(33)30-21-14(3)29-20(8-19(21)31(22)4)27-9-16-10-28-32(12-16)11-15-6-17(25)23(34-5)18(26)7-15/h6-8,10,12-13,22H,9,11H2,1-5H3,(H,27,29)(H,30,33)/t22-/m0/s1. The summed E-state index contributed by atoms with van der Waals surface area (Å²) >= 11 is 0. The zero-order valence-corrected chi connectivity index (χ0v) is 19.8. The third kappa shape index (κ3) is 4.52. The third-order valence-electron chi connectivity index (χ3n) is 5.89. The number of amides is 1. The van der Waals surface area contributed by atoms with Crippen molar-refractivity contribution in [1.29, 1.82) is 0 Å². The van der Waals surface area contributed by atoms with Crippen molar-refractivity contribution >= 4 is 23.1 Å². The van der Waals surface area contributed by atoms with Crippen LogP contribution in [0.5, 0.6) is 5.75 Å². The van der Waals surface area contributed by atoms with Crippen LogP contribution in [0.15, 0.2) is 30.6 Å². The number of anilines is 3. The number of benzene rings is 1. The molecule has 0 radical (unpaired) electrons. The van der Waals surface area contributed by atoms with Gasteiger partial charge in [0.25, 0.3) is 0 Å². The molecule has 0 aliphatic carbocycles. The molecular weight excluding hydrogens is 442 g/mol. The minimum atomic E-state index is -0.749. The summed E-state index contributed by atoms with van der Waals surface area (Å²) in [6, 6.07) is 4.14. The van der Waals surface area contributed by atoms with Crippen LogP contribution in [0.25, 0.3) is 0 Å². The average Bonchev–Trinajstić information content (AvgIpc) is 3.20. The van der Waals surface area contributed by atoms with E-state index in [0.717, 1.165) is 22.6 Å². The lowest BCUT2D eigenvalue weighted by molar-refractivity contribution is -0.118. The van der Waals surface area contributed by atoms with Crippen LogP contribution in [0.2, 0.25) is 0 Å². The number of carbonyl (C=O) groups excluding carboxylic acids is 1. The highest BCUT2D eigenvalue weighted by Gasteiger charge is 2.34. The number of nitrogens with one attached hydrogen (secondary N) is 2. The van der Waals surface area contributed by atoms with E-state index < -0.39 is 17.4 Å². The molecular formula is C24H28F2N6O2. The molecule has 8 nitrogen and oxygen atoms in total. The molecule has 0 saturated carbocycles. The number of hydrogen-bond acceptors (Lipinski definition) is 6. The van der Waals surface area contributed by atoms with Gasteiger partial charge >= 0.3 is 0 Å². The number of carbonyl (C=O) groups is 1. The summed E-state index contributed by atoms with van der Waals surface area (Å²) in [6.45, 7) is 6.57. The van der Waals surface area contributed by atoms with Gasteiger partial charge in [0.05, 0.1) is 36.9 Å². The lowest BCUT2D eigenvalue weighted by Crippen LogP contribution is -2.49. The van der Waals surface area contributed by atoms with Crippen LogP contribution in [-0.4, -0.2) is 40.9 Å². The van der Waals surface area contributed by atoms with Crippen molar-refractivity contribution in [3.05, 3.63) is 59.0 Å². The Labute approximate surface area is 196 Å². The van der Waals surface area contributed by atoms with E-state index in [2.05, 4.69) is 20.7 Å². The van der Waals surface area contributed by atoms with E-state index in [1.54, 1.807) is 17.1 Å². The Kier molecular flexibility index (Phi) is 6.41. The second-order valence-electron chi connectivity index (χ2n) is 8.77. The van der Waals surface area contributed by atoms with Crippen LogP contribution >= 0.6 is 0 Å². The summed E-state index contributed by atoms with van der Waals surface area (Å²) in [5, 5.41) is 10.6. The van der Waals surface area contributed by atoms with Crippen molar-refractivity contribution < 1.29 is 18.3 Å². The summed E-state index contributed by atoms with van der Waals surface area (Å²) in [5.41, 5.74) is 3.68. The van der Waals surface area contributed by atoms with Gasteiger partial charge in [-0.15, -0.1) is 0 Å². The smallest absolute Gasteiger partial charge is 0.247 e. The summed E-state index contributed by atoms with van der Waals surface area (Å²) < 4.78 is 34.3. The normalized spacial score (nSPS) is 15.4. The van der Waals surface area contributed by atoms with Gasteiger partial charge in [-0.3, -0.25) is 9.48 Å². The van der Waals surface area contributed by atoms with Crippen molar-refractivity contribution in [2.24, 2.45) is 5.92 Å². The van der Waals surface area contributed by atoms with Gasteiger partial charge in [0.15, 0.2) is 17.4 Å². The van der Waals surface area contributed by atoms with E-state index in [4.69, 9.17) is 4.74 Å². The molecule has 10 heteroatoms. The maximum atomic E-state index is 14.0. The second-order valence-corrected chi connectivity index (χ2v) is 8.77. The SMILES string of the molecule is COc1c(F)cc(Cn2cc(CNc3cc4c(c(C)n3)NC(=O)[C@H](C(C)C)N4C)cn2)cc1F. The van der Waals surface area contributed by atoms with Crippen LogP contribution < -0.4 is 20.3 Å². The quantitative estimate of drug-likeness (QED) is 0.544. The van der Waals surface area contributed by atoms with E-state index >= 15 is 0 Å². The molecule has 4 rings (SSSR count). The average molecular weight is 471 g/mol. The minimum Gasteiger partial charge on any atom is -0.491 e. The maximum absolute atomic E-state index is 14.0. The number of ether oxygens (including phenoxy) is 1. The topological polar surface area (TPSA) is 84.3 Å². The van der Waals surface area contributed by atoms with Gasteiger partial charge in [0.1, 0.15) is 11.9 Å². The lowest BCUT2D eigenvalue weighted by Gasteiger charge is -2.38. The fourth-order valence-corrected chi connectivity index (χ4v) is 4.31. The lowest BCUT2D eigenvalue weighted by atomic mass is 9.98. The van der Waals surface area contributed by atoms with Gasteiger partial charge in [-0.25, -0.2) is 13.8 Å². The number of rotatable bonds is 7. The number of aromatic nitrogens is 3. The molecule has 3 aromatic rings. The number of pyridine rings is 1. The zero-order valence-electron chi connectivity index (χ0n) is 19.8. The number of fused-ring (bicyclic) bond motifs is 1. The molecule has 180 valence electrons. The van der Waals surface area contributed by atoms with Crippen LogP contribution in [0.3, 0.4) is 0 Å². The monoisotopic (exact) mass is 470 g/mol. The van der Waals surface area contributed by atoms with Crippen LogP contribution in [0.4, 0.5) is 26.0 Å². The van der Waals surface area contributed by atoms with E-state index in [0.29, 0.717) is 17.9 Å². The van der Waals surface area contributed by atoms with Gasteiger partial charge in [-0.2, -0.15) is 5.10 Å². The summed E-state index contributed by atoms with van der Waals surface area (Å²) in [4.78, 5) is 19.1. The Hall–Kier alpha value is -3.69. The van der Waals surface area contributed by atoms with Crippen LogP contribution in [0.1, 0.15) is 30.7 Å². The van der Waals surface area contributed by atoms with Gasteiger partial charge in [0, 0.05) is 31.4 Å². The van der Waals surface area contributed by atoms with Gasteiger partial charge in [-0.1, -0.05) is 13.8 Å². The molecule has 0 bridgehead atoms. The molecule has 3 heterocycles. The summed E-state index contributed by atoms with van der Waals surface area (Å²) in [5.74, 6) is -1.09. The number of methoxy groups -OCH3 is 1. The van der Waals surface area contributed by atoms with Gasteiger partial charge in [0.2, 0.25) is 5.91 Å². The Morgan fingerprint density at radius 3 is 2.56 bits per heavy atom. The highest BCUT2D eigenvalue weighted by molar-refractivity contribution is 6.04. The van der Waals surface area contributed by atoms with Crippen molar-refractivity contribution in [1.82, 2.24) is 14.8 Å². The molecule has 2 aromatic heterocycles. The van der Waals surface area contributed by atoms with Crippen molar-refractivity contribution in [3.63, 3.8) is 0 Å². The highest BCUT2D eigenvalue weighted by atomic mass is 19.1. The fraction of sp³-hybridized carbons (Fsp3) is 0.375. The van der Waals surface area contributed by atoms with Crippen LogP contribution in [0, 0.1) is 24.5 Å². The van der Waals surface area contributed by atoms with Crippen LogP contribution in [-0.2, 0) is 17.9 Å². The number of hydrogen-bond donors (Lipinski definition) is 2. The first kappa shape index (κ1) is 23.5. The molecule has 1 aromatic carbocycles. The minimum absolute atomic E-state index is 0.0281. The Morgan fingerprint density at radius 2 is 1.91 bits per heavy atom. The summed E-state index contributed by atoms with van der Waals surface area (Å²) in [7, 11) is 3.14. The Bertz CT molecular complexity index is 1200. The molecule has 1 amide bonds. The van der Waals surface area contributed by atoms with Crippen molar-refractivity contribution in [2.45, 2.75) is 39.9 Å². The fourth-order valence-electron chi connectivity index (χ4n) is 4.31. The molecule has 1 aliphatic heterocycles. The van der Waals surface area contributed by atoms with Gasteiger partial charge in [-0.05, 0) is 30.5 Å². The molecule has 0 fully saturated rings. The zero-order chi connectivity index (χ0) is 24.6. The highest BCUT2D eigenvalue weighted by Crippen LogP contribution is 2.36. The van der Waals surface area contributed by atoms with E-state index in [1.807, 2.05) is 38.8 Å². The molecule has 1 aliphatic rings. The largest absolute Gasteiger partial charge is 0.491 e. The molecule has 0 spiro atoms. The molecule has 34 heavy (non-hydrogen) atoms. The number of nitrogens with zero attached hydrogens (tertiary/aromatic N) is 4. The summed E-state index contributed by atoms with van der Waals surface area (Å²) in [6.07, 6.45) is 3.50. The molecule has 2 N–H and O–H groups in total. The Balaban J connectivity index is 1.46. The van der Waals surface area contributed by atoms with E-state index in [1.165, 1.54) is 19.2 Å². The number of likely N-dealkylation sites (N-methyl/N-ethyl adjacent to an activating group) is 1.